The molecule has 1 aromatic rings. The predicted molar refractivity (Wildman–Crippen MR) is 68.7 cm³/mol. The Morgan fingerprint density at radius 1 is 1.05 bits per heavy atom. The van der Waals surface area contributed by atoms with Gasteiger partial charge in [-0.2, -0.15) is 15.6 Å². The molecule has 0 aliphatic carbocycles. The van der Waals surface area contributed by atoms with Crippen molar-refractivity contribution in [2.45, 2.75) is 13.8 Å². The average Bonchev–Trinajstić information content (AvgIpc) is 2.39. The summed E-state index contributed by atoms with van der Waals surface area (Å²) in [5.41, 5.74) is 3.18. The molecule has 0 aliphatic rings. The summed E-state index contributed by atoms with van der Waals surface area (Å²) >= 11 is 0. The molecule has 6 heteroatoms. The molecule has 0 atom stereocenters. The van der Waals surface area contributed by atoms with Crippen molar-refractivity contribution in [3.05, 3.63) is 29.3 Å². The van der Waals surface area contributed by atoms with Gasteiger partial charge in [0.15, 0.2) is 11.6 Å². The highest BCUT2D eigenvalue weighted by Crippen LogP contribution is 2.16. The molecule has 0 saturated heterocycles. The summed E-state index contributed by atoms with van der Waals surface area (Å²) < 4.78 is 0. The maximum atomic E-state index is 11.3. The van der Waals surface area contributed by atoms with Crippen LogP contribution in [-0.4, -0.2) is 17.3 Å². The number of benzene rings is 1. The molecule has 0 aromatic heterocycles. The Kier molecular flexibility index (Phi) is 4.50. The zero-order valence-corrected chi connectivity index (χ0v) is 10.4. The highest BCUT2D eigenvalue weighted by atomic mass is 16.1. The first-order chi connectivity index (χ1) is 8.97. The van der Waals surface area contributed by atoms with E-state index < -0.39 is 0 Å². The van der Waals surface area contributed by atoms with Crippen LogP contribution in [0.5, 0.6) is 0 Å². The third kappa shape index (κ3) is 3.76. The van der Waals surface area contributed by atoms with E-state index in [-0.39, 0.29) is 17.3 Å². The van der Waals surface area contributed by atoms with Crippen LogP contribution in [0.1, 0.15) is 34.6 Å². The van der Waals surface area contributed by atoms with Gasteiger partial charge in [0.25, 0.3) is 0 Å². The monoisotopic (exact) mass is 254 g/mol. The Bertz CT molecular complexity index is 599. The van der Waals surface area contributed by atoms with Gasteiger partial charge in [-0.15, -0.1) is 0 Å². The number of hydrogen-bond acceptors (Lipinski definition) is 6. The fraction of sp³-hybridized carbons (Fsp3) is 0.154. The van der Waals surface area contributed by atoms with Gasteiger partial charge in [-0.05, 0) is 32.0 Å². The molecule has 0 spiro atoms. The van der Waals surface area contributed by atoms with Crippen LogP contribution in [0.15, 0.2) is 23.3 Å². The summed E-state index contributed by atoms with van der Waals surface area (Å²) in [6.07, 6.45) is 0. The summed E-state index contributed by atoms with van der Waals surface area (Å²) in [7, 11) is 0. The van der Waals surface area contributed by atoms with Gasteiger partial charge in [-0.3, -0.25) is 15.0 Å². The van der Waals surface area contributed by atoms with Gasteiger partial charge < -0.3 is 0 Å². The second kappa shape index (κ2) is 6.08. The summed E-state index contributed by atoms with van der Waals surface area (Å²) in [5, 5.41) is 20.6. The van der Waals surface area contributed by atoms with Crippen molar-refractivity contribution in [3.8, 4) is 12.1 Å². The first-order valence-electron chi connectivity index (χ1n) is 5.28. The molecule has 1 aromatic carbocycles. The minimum Gasteiger partial charge on any atom is -0.295 e. The van der Waals surface area contributed by atoms with Crippen molar-refractivity contribution in [2.75, 3.05) is 5.43 Å². The van der Waals surface area contributed by atoms with E-state index in [1.807, 2.05) is 0 Å². The number of nitrogens with zero attached hydrogens (tertiary/aromatic N) is 3. The summed E-state index contributed by atoms with van der Waals surface area (Å²) in [6, 6.07) is 7.64. The van der Waals surface area contributed by atoms with Crippen LogP contribution >= 0.6 is 0 Å². The minimum atomic E-state index is -0.349. The zero-order valence-electron chi connectivity index (χ0n) is 10.4. The predicted octanol–water partition coefficient (Wildman–Crippen LogP) is 1.91. The SMILES string of the molecule is CC(=O)c1cc(NN=C(C#N)C#N)cc(C(C)=O)c1. The number of anilines is 1. The first kappa shape index (κ1) is 14.1. The number of carbonyl (C=O) groups excluding carboxylic acids is 2. The van der Waals surface area contributed by atoms with Gasteiger partial charge in [0.2, 0.25) is 5.71 Å². The summed E-state index contributed by atoms with van der Waals surface area (Å²) in [4.78, 5) is 22.7. The van der Waals surface area contributed by atoms with Gasteiger partial charge in [0.05, 0.1) is 5.69 Å². The van der Waals surface area contributed by atoms with Crippen molar-refractivity contribution in [1.82, 2.24) is 0 Å². The van der Waals surface area contributed by atoms with E-state index in [0.29, 0.717) is 16.8 Å². The van der Waals surface area contributed by atoms with Crippen LogP contribution in [0.2, 0.25) is 0 Å². The molecule has 0 amide bonds. The molecular formula is C13H10N4O2. The molecule has 1 N–H and O–H groups in total. The van der Waals surface area contributed by atoms with E-state index in [1.165, 1.54) is 32.0 Å². The molecule has 0 heterocycles. The largest absolute Gasteiger partial charge is 0.295 e. The molecule has 0 aliphatic heterocycles. The summed E-state index contributed by atoms with van der Waals surface area (Å²) in [5.74, 6) is -0.396. The van der Waals surface area contributed by atoms with Crippen molar-refractivity contribution < 1.29 is 9.59 Å². The van der Waals surface area contributed by atoms with Gasteiger partial charge in [0.1, 0.15) is 12.1 Å². The van der Waals surface area contributed by atoms with Crippen molar-refractivity contribution >= 4 is 23.0 Å². The first-order valence-corrected chi connectivity index (χ1v) is 5.28. The Morgan fingerprint density at radius 2 is 1.53 bits per heavy atom. The molecule has 0 fully saturated rings. The molecule has 0 saturated carbocycles. The van der Waals surface area contributed by atoms with Gasteiger partial charge in [-0.25, -0.2) is 0 Å². The number of nitrogens with one attached hydrogen (secondary N) is 1. The maximum absolute atomic E-state index is 11.3. The molecule has 0 unspecified atom stereocenters. The molecule has 19 heavy (non-hydrogen) atoms. The Labute approximate surface area is 110 Å². The molecule has 1 rings (SSSR count). The second-order valence-electron chi connectivity index (χ2n) is 3.71. The molecule has 0 bridgehead atoms. The standard InChI is InChI=1S/C13H10N4O2/c1-8(18)10-3-11(9(2)19)5-12(4-10)16-17-13(6-14)7-15/h3-5,16H,1-2H3. The normalized spacial score (nSPS) is 8.84. The number of Topliss-reactive ketones (excluding diaryl/α,β-unsaturated/α-hetero) is 2. The lowest BCUT2D eigenvalue weighted by molar-refractivity contribution is 0.101. The Morgan fingerprint density at radius 3 is 1.89 bits per heavy atom. The number of hydrazone groups is 1. The highest BCUT2D eigenvalue weighted by molar-refractivity contribution is 6.10. The Balaban J connectivity index is 3.19. The average molecular weight is 254 g/mol. The number of hydrogen-bond donors (Lipinski definition) is 1. The van der Waals surface area contributed by atoms with E-state index >= 15 is 0 Å². The fourth-order valence-corrected chi connectivity index (χ4v) is 1.29. The van der Waals surface area contributed by atoms with Gasteiger partial charge in [-0.1, -0.05) is 0 Å². The van der Waals surface area contributed by atoms with E-state index in [9.17, 15) is 9.59 Å². The third-order valence-electron chi connectivity index (χ3n) is 2.25. The lowest BCUT2D eigenvalue weighted by Gasteiger charge is -2.05. The van der Waals surface area contributed by atoms with Crippen LogP contribution in [0, 0.1) is 22.7 Å². The van der Waals surface area contributed by atoms with Crippen LogP contribution in [0.25, 0.3) is 0 Å². The number of ketones is 2. The quantitative estimate of drug-likeness (QED) is 0.501. The molecule has 0 radical (unpaired) electrons. The Hall–Kier alpha value is -2.99. The summed E-state index contributed by atoms with van der Waals surface area (Å²) in [6.45, 7) is 2.75. The van der Waals surface area contributed by atoms with Gasteiger partial charge >= 0.3 is 0 Å². The smallest absolute Gasteiger partial charge is 0.237 e. The zero-order chi connectivity index (χ0) is 14.4. The van der Waals surface area contributed by atoms with E-state index in [1.54, 1.807) is 12.1 Å². The lowest BCUT2D eigenvalue weighted by Crippen LogP contribution is -2.02. The van der Waals surface area contributed by atoms with Crippen molar-refractivity contribution in [1.29, 1.82) is 10.5 Å². The minimum absolute atomic E-state index is 0.198. The number of rotatable bonds is 4. The van der Waals surface area contributed by atoms with Crippen LogP contribution in [0.4, 0.5) is 5.69 Å². The fourth-order valence-electron chi connectivity index (χ4n) is 1.29. The van der Waals surface area contributed by atoms with Crippen LogP contribution < -0.4 is 5.43 Å². The molecular weight excluding hydrogens is 244 g/mol. The highest BCUT2D eigenvalue weighted by Gasteiger charge is 2.07. The van der Waals surface area contributed by atoms with E-state index in [2.05, 4.69) is 10.5 Å². The number of carbonyl (C=O) groups is 2. The number of nitriles is 2. The van der Waals surface area contributed by atoms with Crippen LogP contribution in [-0.2, 0) is 0 Å². The third-order valence-corrected chi connectivity index (χ3v) is 2.25. The molecule has 94 valence electrons. The van der Waals surface area contributed by atoms with E-state index in [0.717, 1.165) is 0 Å². The van der Waals surface area contributed by atoms with E-state index in [4.69, 9.17) is 10.5 Å². The van der Waals surface area contributed by atoms with Crippen LogP contribution in [0.3, 0.4) is 0 Å². The van der Waals surface area contributed by atoms with Crippen molar-refractivity contribution in [2.24, 2.45) is 5.10 Å². The molecule has 6 nitrogen and oxygen atoms in total. The second-order valence-corrected chi connectivity index (χ2v) is 3.71. The maximum Gasteiger partial charge on any atom is 0.237 e. The topological polar surface area (TPSA) is 106 Å². The van der Waals surface area contributed by atoms with Gasteiger partial charge in [0, 0.05) is 11.1 Å². The van der Waals surface area contributed by atoms with Crippen molar-refractivity contribution in [3.63, 3.8) is 0 Å². The lowest BCUT2D eigenvalue weighted by atomic mass is 10.0.